The highest BCUT2D eigenvalue weighted by molar-refractivity contribution is 8.00. The number of nitrogen functional groups attached to an aromatic ring is 1. The third kappa shape index (κ3) is 9.00. The third-order valence-electron chi connectivity index (χ3n) is 9.40. The Morgan fingerprint density at radius 2 is 1.90 bits per heavy atom. The Hall–Kier alpha value is -4.64. The molecule has 17 heteroatoms. The van der Waals surface area contributed by atoms with Gasteiger partial charge in [0.1, 0.15) is 23.1 Å². The van der Waals surface area contributed by atoms with Crippen molar-refractivity contribution in [3.05, 3.63) is 29.5 Å². The van der Waals surface area contributed by atoms with Crippen LogP contribution in [-0.4, -0.2) is 97.8 Å². The first kappa shape index (κ1) is 37.6. The highest BCUT2D eigenvalue weighted by Gasteiger charge is 2.41. The molecule has 2 fully saturated rings. The number of fused-ring (bicyclic) bond motifs is 1. The molecule has 2 aromatic heterocycles. The van der Waals surface area contributed by atoms with Crippen molar-refractivity contribution in [2.24, 2.45) is 17.6 Å². The molecule has 0 radical (unpaired) electrons. The van der Waals surface area contributed by atoms with E-state index in [0.29, 0.717) is 67.1 Å². The molecule has 276 valence electrons. The smallest absolute Gasteiger partial charge is 0.321 e. The van der Waals surface area contributed by atoms with Gasteiger partial charge in [-0.1, -0.05) is 13.3 Å². The molecule has 5 rings (SSSR count). The minimum Gasteiger partial charge on any atom is -0.496 e. The van der Waals surface area contributed by atoms with Gasteiger partial charge in [0.25, 0.3) is 0 Å². The van der Waals surface area contributed by atoms with Crippen molar-refractivity contribution in [3.63, 3.8) is 0 Å². The molecule has 51 heavy (non-hydrogen) atoms. The lowest BCUT2D eigenvalue weighted by Crippen LogP contribution is -2.39. The quantitative estimate of drug-likeness (QED) is 0.0994. The van der Waals surface area contributed by atoms with Gasteiger partial charge >= 0.3 is 5.97 Å². The second kappa shape index (κ2) is 17.0. The minimum atomic E-state index is -1.14. The number of hydrogen-bond donors (Lipinski definition) is 5. The van der Waals surface area contributed by atoms with Gasteiger partial charge in [-0.3, -0.25) is 28.8 Å². The number of likely N-dealkylation sites (tertiary alicyclic amines) is 1. The molecule has 2 atom stereocenters. The number of thioether (sulfide) groups is 1. The van der Waals surface area contributed by atoms with Crippen molar-refractivity contribution in [1.82, 2.24) is 30.0 Å². The van der Waals surface area contributed by atoms with Crippen LogP contribution in [0.5, 0.6) is 11.5 Å². The number of carbonyl (C=O) groups is 4. The number of nitrogens with zero attached hydrogens (tertiary/aromatic N) is 5. The maximum atomic E-state index is 13.3. The first-order valence-electron chi connectivity index (χ1n) is 17.2. The minimum absolute atomic E-state index is 0.0458. The second-order valence-corrected chi connectivity index (χ2v) is 14.2. The summed E-state index contributed by atoms with van der Waals surface area (Å²) in [5.74, 6) is 0.127. The van der Waals surface area contributed by atoms with Crippen LogP contribution in [0, 0.1) is 11.8 Å². The number of rotatable bonds is 17. The lowest BCUT2D eigenvalue weighted by molar-refractivity contribution is -0.140. The van der Waals surface area contributed by atoms with Gasteiger partial charge < -0.3 is 36.7 Å². The van der Waals surface area contributed by atoms with E-state index in [9.17, 15) is 19.2 Å². The van der Waals surface area contributed by atoms with Crippen LogP contribution in [-0.2, 0) is 32.3 Å². The van der Waals surface area contributed by atoms with Crippen LogP contribution in [0.4, 0.5) is 11.8 Å². The fourth-order valence-electron chi connectivity index (χ4n) is 6.58. The number of ether oxygens (including phenoxy) is 2. The Morgan fingerprint density at radius 1 is 1.14 bits per heavy atom. The largest absolute Gasteiger partial charge is 0.496 e. The van der Waals surface area contributed by atoms with Gasteiger partial charge in [0.05, 0.1) is 37.8 Å². The SMILES string of the molecule is CCCCNc1nc(N)nc2cn(Cc3c(OC)ccc(CNC(=O)C4CCC(CN5C(=O)CC(SCC(N)C(=O)O)C5=O)CC4)c3OC)nc12. The monoisotopic (exact) mass is 725 g/mol. The molecular weight excluding hydrogens is 678 g/mol. The van der Waals surface area contributed by atoms with E-state index < -0.39 is 17.3 Å². The summed E-state index contributed by atoms with van der Waals surface area (Å²) in [5, 5.41) is 19.5. The van der Waals surface area contributed by atoms with Gasteiger partial charge in [-0.2, -0.15) is 10.1 Å². The van der Waals surface area contributed by atoms with Crippen LogP contribution in [0.15, 0.2) is 18.3 Å². The number of carboxylic acid groups (broad SMARTS) is 1. The highest BCUT2D eigenvalue weighted by atomic mass is 32.2. The zero-order valence-corrected chi connectivity index (χ0v) is 30.0. The molecule has 0 spiro atoms. The van der Waals surface area contributed by atoms with Crippen LogP contribution in [0.2, 0.25) is 0 Å². The summed E-state index contributed by atoms with van der Waals surface area (Å²) in [5.41, 5.74) is 14.3. The highest BCUT2D eigenvalue weighted by Crippen LogP contribution is 2.35. The van der Waals surface area contributed by atoms with E-state index in [-0.39, 0.29) is 54.2 Å². The Kier molecular flexibility index (Phi) is 12.6. The van der Waals surface area contributed by atoms with Crippen molar-refractivity contribution in [2.45, 2.75) is 76.3 Å². The molecule has 1 aliphatic heterocycles. The van der Waals surface area contributed by atoms with Crippen LogP contribution >= 0.6 is 11.8 Å². The number of aliphatic carboxylic acids is 1. The Balaban J connectivity index is 1.18. The molecule has 3 heterocycles. The van der Waals surface area contributed by atoms with E-state index >= 15 is 0 Å². The van der Waals surface area contributed by atoms with E-state index in [4.69, 9.17) is 31.1 Å². The average Bonchev–Trinajstić information content (AvgIpc) is 3.64. The van der Waals surface area contributed by atoms with Gasteiger partial charge in [0, 0.05) is 43.3 Å². The standard InChI is InChI=1S/C34H47N9O7S/c1-4-5-12-37-30-28-24(39-34(36)40-30)17-42(41-28)16-22-25(49-2)11-10-21(29(22)50-3)14-38-31(45)20-8-6-19(7-9-20)15-43-27(44)13-26(32(43)46)51-18-23(35)33(47)48/h10-11,17,19-20,23,26H,4-9,12-16,18,35H2,1-3H3,(H,38,45)(H,47,48)(H3,36,37,39,40). The predicted molar refractivity (Wildman–Crippen MR) is 192 cm³/mol. The number of amides is 3. The van der Waals surface area contributed by atoms with Crippen molar-refractivity contribution in [3.8, 4) is 11.5 Å². The zero-order valence-electron chi connectivity index (χ0n) is 29.2. The molecule has 1 aliphatic carbocycles. The van der Waals surface area contributed by atoms with Gasteiger partial charge in [-0.05, 0) is 50.2 Å². The normalized spacial score (nSPS) is 19.7. The van der Waals surface area contributed by atoms with Crippen molar-refractivity contribution < 1.29 is 33.8 Å². The number of anilines is 2. The lowest BCUT2D eigenvalue weighted by Gasteiger charge is -2.30. The van der Waals surface area contributed by atoms with E-state index in [1.54, 1.807) is 25.1 Å². The number of benzene rings is 1. The number of nitrogens with two attached hydrogens (primary N) is 2. The van der Waals surface area contributed by atoms with Crippen LogP contribution in [0.3, 0.4) is 0 Å². The van der Waals surface area contributed by atoms with Crippen LogP contribution in [0.25, 0.3) is 11.0 Å². The molecule has 1 saturated heterocycles. The average molecular weight is 726 g/mol. The van der Waals surface area contributed by atoms with Crippen LogP contribution < -0.4 is 31.6 Å². The third-order valence-corrected chi connectivity index (χ3v) is 10.7. The van der Waals surface area contributed by atoms with E-state index in [0.717, 1.165) is 42.3 Å². The number of methoxy groups -OCH3 is 2. The van der Waals surface area contributed by atoms with E-state index in [2.05, 4.69) is 27.5 Å². The molecule has 3 aromatic rings. The summed E-state index contributed by atoms with van der Waals surface area (Å²) in [6.45, 7) is 3.71. The fraction of sp³-hybridized carbons (Fsp3) is 0.559. The summed E-state index contributed by atoms with van der Waals surface area (Å²) in [7, 11) is 3.16. The van der Waals surface area contributed by atoms with Gasteiger partial charge in [-0.15, -0.1) is 11.8 Å². The Bertz CT molecular complexity index is 1740. The fourth-order valence-corrected chi connectivity index (χ4v) is 7.69. The van der Waals surface area contributed by atoms with Gasteiger partial charge in [0.15, 0.2) is 11.3 Å². The van der Waals surface area contributed by atoms with E-state index in [1.807, 2.05) is 12.1 Å². The number of aromatic nitrogens is 4. The lowest BCUT2D eigenvalue weighted by atomic mass is 9.81. The number of hydrogen-bond acceptors (Lipinski definition) is 13. The van der Waals surface area contributed by atoms with Gasteiger partial charge in [-0.25, -0.2) is 4.98 Å². The first-order chi connectivity index (χ1) is 24.5. The summed E-state index contributed by atoms with van der Waals surface area (Å²) in [6.07, 6.45) is 6.54. The Morgan fingerprint density at radius 3 is 2.59 bits per heavy atom. The number of imide groups is 1. The molecule has 3 amide bonds. The number of carboxylic acids is 1. The maximum absolute atomic E-state index is 13.3. The van der Waals surface area contributed by atoms with E-state index in [1.165, 1.54) is 4.90 Å². The van der Waals surface area contributed by atoms with Crippen LogP contribution in [0.1, 0.15) is 63.0 Å². The number of carbonyl (C=O) groups excluding carboxylic acids is 3. The topological polar surface area (TPSA) is 230 Å². The molecule has 7 N–H and O–H groups in total. The van der Waals surface area contributed by atoms with Crippen molar-refractivity contribution in [1.29, 1.82) is 0 Å². The van der Waals surface area contributed by atoms with Crippen molar-refractivity contribution >= 4 is 58.3 Å². The van der Waals surface area contributed by atoms with Crippen molar-refractivity contribution in [2.75, 3.05) is 44.1 Å². The number of unbranched alkanes of at least 4 members (excludes halogenated alkanes) is 1. The molecule has 2 aliphatic rings. The molecule has 1 saturated carbocycles. The van der Waals surface area contributed by atoms with Gasteiger partial charge in [0.2, 0.25) is 23.7 Å². The Labute approximate surface area is 300 Å². The molecule has 2 unspecified atom stereocenters. The summed E-state index contributed by atoms with van der Waals surface area (Å²) in [6, 6.07) is 2.62. The molecule has 1 aromatic carbocycles. The summed E-state index contributed by atoms with van der Waals surface area (Å²) in [4.78, 5) is 59.8. The second-order valence-electron chi connectivity index (χ2n) is 13.0. The number of nitrogens with one attached hydrogen (secondary N) is 2. The predicted octanol–water partition coefficient (Wildman–Crippen LogP) is 2.38. The summed E-state index contributed by atoms with van der Waals surface area (Å²) >= 11 is 1.11. The zero-order chi connectivity index (χ0) is 36.7. The molecule has 16 nitrogen and oxygen atoms in total. The summed E-state index contributed by atoms with van der Waals surface area (Å²) < 4.78 is 13.3. The molecular formula is C34H47N9O7S. The first-order valence-corrected chi connectivity index (χ1v) is 18.3. The molecule has 0 bridgehead atoms. The maximum Gasteiger partial charge on any atom is 0.321 e.